The van der Waals surface area contributed by atoms with E-state index in [0.717, 1.165) is 25.4 Å². The van der Waals surface area contributed by atoms with Crippen molar-refractivity contribution in [3.63, 3.8) is 0 Å². The molecule has 0 aromatic heterocycles. The number of hydrogen-bond donors (Lipinski definition) is 2. The highest BCUT2D eigenvalue weighted by Crippen LogP contribution is 2.31. The van der Waals surface area contributed by atoms with Crippen molar-refractivity contribution < 1.29 is 4.74 Å². The van der Waals surface area contributed by atoms with Crippen molar-refractivity contribution in [2.45, 2.75) is 69.1 Å². The summed E-state index contributed by atoms with van der Waals surface area (Å²) in [6.07, 6.45) is 10.6. The minimum Gasteiger partial charge on any atom is -0.381 e. The van der Waals surface area contributed by atoms with Crippen LogP contribution in [0.1, 0.15) is 51.4 Å². The summed E-state index contributed by atoms with van der Waals surface area (Å²) in [5, 5.41) is 3.85. The summed E-state index contributed by atoms with van der Waals surface area (Å²) in [5.74, 6) is 0. The van der Waals surface area contributed by atoms with E-state index in [9.17, 15) is 0 Å². The SMILES string of the molecule is COC1CCC(CN)(NC2CCCC2)CC1. The van der Waals surface area contributed by atoms with E-state index in [1.54, 1.807) is 0 Å². The van der Waals surface area contributed by atoms with E-state index >= 15 is 0 Å². The molecule has 16 heavy (non-hydrogen) atoms. The van der Waals surface area contributed by atoms with Gasteiger partial charge in [0, 0.05) is 25.2 Å². The zero-order valence-corrected chi connectivity index (χ0v) is 10.5. The predicted octanol–water partition coefficient (Wildman–Crippen LogP) is 1.81. The molecular formula is C13H26N2O. The second-order valence-corrected chi connectivity index (χ2v) is 5.55. The Bertz CT molecular complexity index is 206. The van der Waals surface area contributed by atoms with Crippen LogP contribution >= 0.6 is 0 Å². The molecule has 2 fully saturated rings. The lowest BCUT2D eigenvalue weighted by molar-refractivity contribution is 0.0403. The first kappa shape index (κ1) is 12.3. The third-order valence-corrected chi connectivity index (χ3v) is 4.48. The second kappa shape index (κ2) is 5.48. The summed E-state index contributed by atoms with van der Waals surface area (Å²) in [6.45, 7) is 0.778. The van der Waals surface area contributed by atoms with Crippen LogP contribution in [0.15, 0.2) is 0 Å². The molecule has 94 valence electrons. The Hall–Kier alpha value is -0.120. The van der Waals surface area contributed by atoms with Crippen molar-refractivity contribution in [1.29, 1.82) is 0 Å². The van der Waals surface area contributed by atoms with Gasteiger partial charge in [0.1, 0.15) is 0 Å². The Labute approximate surface area is 99.1 Å². The molecule has 2 aliphatic rings. The number of rotatable bonds is 4. The van der Waals surface area contributed by atoms with Gasteiger partial charge in [-0.2, -0.15) is 0 Å². The van der Waals surface area contributed by atoms with Crippen LogP contribution in [0.5, 0.6) is 0 Å². The summed E-state index contributed by atoms with van der Waals surface area (Å²) in [6, 6.07) is 0.725. The van der Waals surface area contributed by atoms with Crippen LogP contribution in [0, 0.1) is 0 Å². The molecule has 0 saturated heterocycles. The maximum Gasteiger partial charge on any atom is 0.0572 e. The summed E-state index contributed by atoms with van der Waals surface area (Å²) in [5.41, 5.74) is 6.21. The zero-order valence-electron chi connectivity index (χ0n) is 10.5. The van der Waals surface area contributed by atoms with Crippen LogP contribution in [0.3, 0.4) is 0 Å². The van der Waals surface area contributed by atoms with Crippen molar-refractivity contribution in [3.8, 4) is 0 Å². The van der Waals surface area contributed by atoms with Gasteiger partial charge in [0.25, 0.3) is 0 Å². The van der Waals surface area contributed by atoms with Crippen LogP contribution < -0.4 is 11.1 Å². The minimum atomic E-state index is 0.212. The highest BCUT2D eigenvalue weighted by molar-refractivity contribution is 4.96. The number of hydrogen-bond acceptors (Lipinski definition) is 3. The fourth-order valence-corrected chi connectivity index (χ4v) is 3.29. The van der Waals surface area contributed by atoms with Gasteiger partial charge in [-0.05, 0) is 38.5 Å². The lowest BCUT2D eigenvalue weighted by atomic mass is 9.79. The van der Waals surface area contributed by atoms with Crippen molar-refractivity contribution in [3.05, 3.63) is 0 Å². The summed E-state index contributed by atoms with van der Waals surface area (Å²) in [4.78, 5) is 0. The number of ether oxygens (including phenoxy) is 1. The molecular weight excluding hydrogens is 200 g/mol. The molecule has 2 saturated carbocycles. The Morgan fingerprint density at radius 1 is 1.19 bits per heavy atom. The molecule has 3 nitrogen and oxygen atoms in total. The monoisotopic (exact) mass is 226 g/mol. The van der Waals surface area contributed by atoms with Gasteiger partial charge in [-0.25, -0.2) is 0 Å². The second-order valence-electron chi connectivity index (χ2n) is 5.55. The Kier molecular flexibility index (Phi) is 4.22. The first-order valence-corrected chi connectivity index (χ1v) is 6.78. The fraction of sp³-hybridized carbons (Fsp3) is 1.00. The number of nitrogens with one attached hydrogen (secondary N) is 1. The lowest BCUT2D eigenvalue weighted by Gasteiger charge is -2.41. The van der Waals surface area contributed by atoms with E-state index in [1.165, 1.54) is 38.5 Å². The first-order chi connectivity index (χ1) is 7.78. The zero-order chi connectivity index (χ0) is 11.4. The van der Waals surface area contributed by atoms with Gasteiger partial charge in [0.15, 0.2) is 0 Å². The molecule has 2 aliphatic carbocycles. The Morgan fingerprint density at radius 2 is 1.81 bits per heavy atom. The summed E-state index contributed by atoms with van der Waals surface area (Å²) < 4.78 is 5.43. The smallest absolute Gasteiger partial charge is 0.0572 e. The van der Waals surface area contributed by atoms with Gasteiger partial charge in [-0.15, -0.1) is 0 Å². The van der Waals surface area contributed by atoms with Crippen LogP contribution in [0.2, 0.25) is 0 Å². The molecule has 0 aromatic rings. The van der Waals surface area contributed by atoms with E-state index in [0.29, 0.717) is 6.10 Å². The molecule has 0 bridgehead atoms. The topological polar surface area (TPSA) is 47.3 Å². The molecule has 0 heterocycles. The van der Waals surface area contributed by atoms with E-state index in [-0.39, 0.29) is 5.54 Å². The third-order valence-electron chi connectivity index (χ3n) is 4.48. The standard InChI is InChI=1S/C13H26N2O/c1-16-12-6-8-13(10-14,9-7-12)15-11-4-2-3-5-11/h11-12,15H,2-10,14H2,1H3. The Balaban J connectivity index is 1.87. The molecule has 0 spiro atoms. The molecule has 0 atom stereocenters. The average Bonchev–Trinajstić information content (AvgIpc) is 2.83. The number of methoxy groups -OCH3 is 1. The van der Waals surface area contributed by atoms with E-state index in [1.807, 2.05) is 7.11 Å². The molecule has 0 aliphatic heterocycles. The molecule has 2 rings (SSSR count). The largest absolute Gasteiger partial charge is 0.381 e. The van der Waals surface area contributed by atoms with E-state index in [2.05, 4.69) is 5.32 Å². The van der Waals surface area contributed by atoms with E-state index in [4.69, 9.17) is 10.5 Å². The maximum atomic E-state index is 6.00. The molecule has 0 amide bonds. The van der Waals surface area contributed by atoms with Gasteiger partial charge < -0.3 is 15.8 Å². The first-order valence-electron chi connectivity index (χ1n) is 6.78. The minimum absolute atomic E-state index is 0.212. The van der Waals surface area contributed by atoms with Crippen molar-refractivity contribution in [1.82, 2.24) is 5.32 Å². The lowest BCUT2D eigenvalue weighted by Crippen LogP contribution is -2.57. The average molecular weight is 226 g/mol. The van der Waals surface area contributed by atoms with Crippen molar-refractivity contribution in [2.24, 2.45) is 5.73 Å². The highest BCUT2D eigenvalue weighted by atomic mass is 16.5. The molecule has 3 heteroatoms. The van der Waals surface area contributed by atoms with Crippen LogP contribution in [-0.4, -0.2) is 31.3 Å². The van der Waals surface area contributed by atoms with Gasteiger partial charge >= 0.3 is 0 Å². The van der Waals surface area contributed by atoms with Crippen LogP contribution in [0.4, 0.5) is 0 Å². The van der Waals surface area contributed by atoms with Gasteiger partial charge in [0.2, 0.25) is 0 Å². The van der Waals surface area contributed by atoms with Gasteiger partial charge in [0.05, 0.1) is 6.10 Å². The summed E-state index contributed by atoms with van der Waals surface area (Å²) in [7, 11) is 1.82. The normalized spacial score (nSPS) is 36.8. The van der Waals surface area contributed by atoms with Crippen molar-refractivity contribution >= 4 is 0 Å². The molecule has 0 aromatic carbocycles. The quantitative estimate of drug-likeness (QED) is 0.768. The molecule has 0 unspecified atom stereocenters. The third kappa shape index (κ3) is 2.76. The van der Waals surface area contributed by atoms with Gasteiger partial charge in [-0.3, -0.25) is 0 Å². The number of nitrogens with two attached hydrogens (primary N) is 1. The van der Waals surface area contributed by atoms with Crippen LogP contribution in [-0.2, 0) is 4.74 Å². The summed E-state index contributed by atoms with van der Waals surface area (Å²) >= 11 is 0. The van der Waals surface area contributed by atoms with Gasteiger partial charge in [-0.1, -0.05) is 12.8 Å². The predicted molar refractivity (Wildman–Crippen MR) is 66.4 cm³/mol. The maximum absolute atomic E-state index is 6.00. The fourth-order valence-electron chi connectivity index (χ4n) is 3.29. The highest BCUT2D eigenvalue weighted by Gasteiger charge is 2.36. The molecule has 0 radical (unpaired) electrons. The van der Waals surface area contributed by atoms with E-state index < -0.39 is 0 Å². The Morgan fingerprint density at radius 3 is 2.31 bits per heavy atom. The van der Waals surface area contributed by atoms with Crippen molar-refractivity contribution in [2.75, 3.05) is 13.7 Å². The molecule has 3 N–H and O–H groups in total. The van der Waals surface area contributed by atoms with Crippen LogP contribution in [0.25, 0.3) is 0 Å².